The molecule has 0 unspecified atom stereocenters. The third-order valence-electron chi connectivity index (χ3n) is 0.737. The lowest BCUT2D eigenvalue weighted by Crippen LogP contribution is -2.07. The third kappa shape index (κ3) is 5.72. The summed E-state index contributed by atoms with van der Waals surface area (Å²) in [6, 6.07) is 0. The molecule has 0 aliphatic heterocycles. The van der Waals surface area contributed by atoms with Gasteiger partial charge in [0.2, 0.25) is 0 Å². The van der Waals surface area contributed by atoms with E-state index in [1.807, 2.05) is 13.8 Å². The Labute approximate surface area is 50.0 Å². The Morgan fingerprint density at radius 3 is 2.12 bits per heavy atom. The van der Waals surface area contributed by atoms with Crippen LogP contribution in [0.2, 0.25) is 6.32 Å². The molecule has 0 amide bonds. The second-order valence-corrected chi connectivity index (χ2v) is 2.00. The van der Waals surface area contributed by atoms with Crippen molar-refractivity contribution in [2.45, 2.75) is 20.2 Å². The Balaban J connectivity index is 3.29. The van der Waals surface area contributed by atoms with Crippen LogP contribution in [0.15, 0.2) is 11.6 Å². The highest BCUT2D eigenvalue weighted by molar-refractivity contribution is 6.41. The predicted octanol–water partition coefficient (Wildman–Crippen LogP) is 0.425. The average molecular weight is 114 g/mol. The molecule has 0 aliphatic rings. The van der Waals surface area contributed by atoms with Gasteiger partial charge in [0, 0.05) is 6.32 Å². The van der Waals surface area contributed by atoms with Crippen molar-refractivity contribution in [2.24, 2.45) is 0 Å². The Morgan fingerprint density at radius 1 is 1.50 bits per heavy atom. The Bertz CT molecular complexity index is 84.4. The van der Waals surface area contributed by atoms with Gasteiger partial charge in [0.1, 0.15) is 0 Å². The molecule has 0 fully saturated rings. The number of rotatable bonds is 2. The fourth-order valence-electron chi connectivity index (χ4n) is 0.341. The molecule has 0 spiro atoms. The second kappa shape index (κ2) is 3.69. The van der Waals surface area contributed by atoms with Gasteiger partial charge in [-0.15, -0.1) is 0 Å². The zero-order chi connectivity index (χ0) is 6.57. The van der Waals surface area contributed by atoms with E-state index in [2.05, 4.69) is 0 Å². The molecular formula is C5H11BO2. The molecule has 0 saturated heterocycles. The van der Waals surface area contributed by atoms with Crippen molar-refractivity contribution >= 4 is 7.12 Å². The van der Waals surface area contributed by atoms with E-state index in [4.69, 9.17) is 10.0 Å². The van der Waals surface area contributed by atoms with E-state index in [1.165, 1.54) is 0 Å². The molecule has 0 aromatic rings. The van der Waals surface area contributed by atoms with E-state index < -0.39 is 7.12 Å². The summed E-state index contributed by atoms with van der Waals surface area (Å²) in [4.78, 5) is 0. The topological polar surface area (TPSA) is 40.5 Å². The maximum atomic E-state index is 8.31. The molecule has 0 aromatic carbocycles. The summed E-state index contributed by atoms with van der Waals surface area (Å²) in [5.74, 6) is 0. The van der Waals surface area contributed by atoms with E-state index in [0.29, 0.717) is 6.32 Å². The molecule has 0 heterocycles. The Morgan fingerprint density at radius 2 is 2.00 bits per heavy atom. The van der Waals surface area contributed by atoms with Crippen LogP contribution in [0, 0.1) is 0 Å². The van der Waals surface area contributed by atoms with Crippen molar-refractivity contribution in [1.82, 2.24) is 0 Å². The van der Waals surface area contributed by atoms with Gasteiger partial charge >= 0.3 is 7.12 Å². The van der Waals surface area contributed by atoms with Gasteiger partial charge < -0.3 is 10.0 Å². The standard InChI is InChI=1S/C5H11BO2/c1-5(2)3-4-6(7)8/h3,7-8H,4H2,1-2H3. The molecule has 46 valence electrons. The normalized spacial score (nSPS) is 8.50. The first kappa shape index (κ1) is 7.72. The minimum atomic E-state index is -1.19. The third-order valence-corrected chi connectivity index (χ3v) is 0.737. The first-order valence-electron chi connectivity index (χ1n) is 2.62. The van der Waals surface area contributed by atoms with Crippen LogP contribution in [-0.2, 0) is 0 Å². The van der Waals surface area contributed by atoms with Crippen molar-refractivity contribution in [3.63, 3.8) is 0 Å². The van der Waals surface area contributed by atoms with E-state index in [-0.39, 0.29) is 0 Å². The van der Waals surface area contributed by atoms with Crippen LogP contribution in [0.1, 0.15) is 13.8 Å². The first-order chi connectivity index (χ1) is 3.63. The van der Waals surface area contributed by atoms with Gasteiger partial charge in [-0.1, -0.05) is 11.6 Å². The predicted molar refractivity (Wildman–Crippen MR) is 34.4 cm³/mol. The number of hydrogen-bond donors (Lipinski definition) is 2. The molecule has 0 radical (unpaired) electrons. The molecule has 0 aromatic heterocycles. The van der Waals surface area contributed by atoms with Gasteiger partial charge in [0.15, 0.2) is 0 Å². The Hall–Kier alpha value is -0.275. The monoisotopic (exact) mass is 114 g/mol. The van der Waals surface area contributed by atoms with E-state index in [9.17, 15) is 0 Å². The van der Waals surface area contributed by atoms with Crippen LogP contribution in [0.5, 0.6) is 0 Å². The molecule has 0 saturated carbocycles. The first-order valence-corrected chi connectivity index (χ1v) is 2.62. The van der Waals surface area contributed by atoms with Crippen LogP contribution >= 0.6 is 0 Å². The minimum absolute atomic E-state index is 0.336. The largest absolute Gasteiger partial charge is 0.455 e. The smallest absolute Gasteiger partial charge is 0.427 e. The minimum Gasteiger partial charge on any atom is -0.427 e. The second-order valence-electron chi connectivity index (χ2n) is 2.00. The molecule has 2 N–H and O–H groups in total. The van der Waals surface area contributed by atoms with Crippen LogP contribution in [0.4, 0.5) is 0 Å². The quantitative estimate of drug-likeness (QED) is 0.403. The van der Waals surface area contributed by atoms with E-state index in [1.54, 1.807) is 6.08 Å². The van der Waals surface area contributed by atoms with Gasteiger partial charge in [-0.25, -0.2) is 0 Å². The van der Waals surface area contributed by atoms with Crippen molar-refractivity contribution < 1.29 is 10.0 Å². The summed E-state index contributed by atoms with van der Waals surface area (Å²) in [5, 5.41) is 16.6. The van der Waals surface area contributed by atoms with Crippen LogP contribution in [0.3, 0.4) is 0 Å². The van der Waals surface area contributed by atoms with Gasteiger partial charge in [0.25, 0.3) is 0 Å². The van der Waals surface area contributed by atoms with Crippen molar-refractivity contribution in [3.05, 3.63) is 11.6 Å². The summed E-state index contributed by atoms with van der Waals surface area (Å²) in [5.41, 5.74) is 1.11. The fourth-order valence-corrected chi connectivity index (χ4v) is 0.341. The van der Waals surface area contributed by atoms with Crippen molar-refractivity contribution in [2.75, 3.05) is 0 Å². The summed E-state index contributed by atoms with van der Waals surface area (Å²) in [6.45, 7) is 3.84. The SMILES string of the molecule is CC(C)=CCB(O)O. The molecule has 0 bridgehead atoms. The lowest BCUT2D eigenvalue weighted by molar-refractivity contribution is 0.411. The van der Waals surface area contributed by atoms with Gasteiger partial charge in [-0.3, -0.25) is 0 Å². The fraction of sp³-hybridized carbons (Fsp3) is 0.600. The lowest BCUT2D eigenvalue weighted by atomic mass is 9.86. The zero-order valence-corrected chi connectivity index (χ0v) is 5.26. The summed E-state index contributed by atoms with van der Waals surface area (Å²) < 4.78 is 0. The highest BCUT2D eigenvalue weighted by atomic mass is 16.4. The molecule has 8 heavy (non-hydrogen) atoms. The van der Waals surface area contributed by atoms with Gasteiger partial charge in [-0.2, -0.15) is 0 Å². The van der Waals surface area contributed by atoms with E-state index >= 15 is 0 Å². The molecule has 3 heteroatoms. The molecule has 0 rings (SSSR count). The summed E-state index contributed by atoms with van der Waals surface area (Å²) >= 11 is 0. The zero-order valence-electron chi connectivity index (χ0n) is 5.26. The van der Waals surface area contributed by atoms with Crippen LogP contribution in [0.25, 0.3) is 0 Å². The maximum absolute atomic E-state index is 8.31. The van der Waals surface area contributed by atoms with Crippen LogP contribution < -0.4 is 0 Å². The molecular weight excluding hydrogens is 103 g/mol. The van der Waals surface area contributed by atoms with Gasteiger partial charge in [0.05, 0.1) is 0 Å². The highest BCUT2D eigenvalue weighted by Crippen LogP contribution is 1.93. The number of hydrogen-bond acceptors (Lipinski definition) is 2. The molecule has 2 nitrogen and oxygen atoms in total. The van der Waals surface area contributed by atoms with Crippen LogP contribution in [-0.4, -0.2) is 17.2 Å². The summed E-state index contributed by atoms with van der Waals surface area (Å²) in [7, 11) is -1.19. The molecule has 0 aliphatic carbocycles. The van der Waals surface area contributed by atoms with Crippen molar-refractivity contribution in [1.29, 1.82) is 0 Å². The maximum Gasteiger partial charge on any atom is 0.455 e. The lowest BCUT2D eigenvalue weighted by Gasteiger charge is -1.90. The van der Waals surface area contributed by atoms with Crippen molar-refractivity contribution in [3.8, 4) is 0 Å². The highest BCUT2D eigenvalue weighted by Gasteiger charge is 2.00. The average Bonchev–Trinajstić information content (AvgIpc) is 1.61. The number of allylic oxidation sites excluding steroid dienone is 2. The van der Waals surface area contributed by atoms with E-state index in [0.717, 1.165) is 5.57 Å². The summed E-state index contributed by atoms with van der Waals surface area (Å²) in [6.07, 6.45) is 2.12. The molecule has 0 atom stereocenters. The Kier molecular flexibility index (Phi) is 3.57. The van der Waals surface area contributed by atoms with Gasteiger partial charge in [-0.05, 0) is 13.8 Å².